The van der Waals surface area contributed by atoms with Crippen LogP contribution in [0.1, 0.15) is 57.4 Å². The molecule has 2 saturated carbocycles. The molecule has 1 aromatic carbocycles. The van der Waals surface area contributed by atoms with Gasteiger partial charge in [-0.2, -0.15) is 0 Å². The summed E-state index contributed by atoms with van der Waals surface area (Å²) in [6.07, 6.45) is 8.06. The van der Waals surface area contributed by atoms with Gasteiger partial charge in [-0.25, -0.2) is 0 Å². The molecule has 5 nitrogen and oxygen atoms in total. The molecule has 5 heteroatoms. The van der Waals surface area contributed by atoms with Crippen LogP contribution in [0.3, 0.4) is 0 Å². The quantitative estimate of drug-likeness (QED) is 0.574. The molecular weight excluding hydrogens is 402 g/mol. The maximum Gasteiger partial charge on any atom is 0.310 e. The van der Waals surface area contributed by atoms with Crippen LogP contribution in [0.2, 0.25) is 0 Å². The van der Waals surface area contributed by atoms with Crippen molar-refractivity contribution in [3.8, 4) is 0 Å². The zero-order valence-electron chi connectivity index (χ0n) is 19.3. The van der Waals surface area contributed by atoms with Crippen LogP contribution < -0.4 is 0 Å². The summed E-state index contributed by atoms with van der Waals surface area (Å²) in [4.78, 5) is 15.3. The molecule has 5 fully saturated rings. The van der Waals surface area contributed by atoms with Gasteiger partial charge in [-0.05, 0) is 61.8 Å². The summed E-state index contributed by atoms with van der Waals surface area (Å²) in [6, 6.07) is 10.3. The van der Waals surface area contributed by atoms with Gasteiger partial charge < -0.3 is 19.5 Å². The first-order chi connectivity index (χ1) is 15.4. The normalized spacial score (nSPS) is 42.9. The number of aliphatic hydroxyl groups is 1. The predicted molar refractivity (Wildman–Crippen MR) is 121 cm³/mol. The number of esters is 1. The van der Waals surface area contributed by atoms with Gasteiger partial charge in [0.1, 0.15) is 6.10 Å². The largest absolute Gasteiger partial charge is 0.462 e. The van der Waals surface area contributed by atoms with Gasteiger partial charge in [0.25, 0.3) is 0 Å². The van der Waals surface area contributed by atoms with Crippen molar-refractivity contribution in [2.24, 2.45) is 23.2 Å². The molecule has 3 aliphatic heterocycles. The molecular formula is C27H37NO4. The molecule has 6 rings (SSSR count). The van der Waals surface area contributed by atoms with Crippen LogP contribution in [0.15, 0.2) is 30.3 Å². The van der Waals surface area contributed by atoms with Crippen molar-refractivity contribution < 1.29 is 19.4 Å². The lowest BCUT2D eigenvalue weighted by Gasteiger charge is -2.51. The van der Waals surface area contributed by atoms with Gasteiger partial charge in [0, 0.05) is 32.0 Å². The maximum absolute atomic E-state index is 12.9. The van der Waals surface area contributed by atoms with E-state index in [1.807, 2.05) is 18.2 Å². The number of hydrogen-bond acceptors (Lipinski definition) is 5. The van der Waals surface area contributed by atoms with E-state index in [9.17, 15) is 9.90 Å². The third-order valence-electron chi connectivity index (χ3n) is 9.70. The summed E-state index contributed by atoms with van der Waals surface area (Å²) in [5.41, 5.74) is 0.915. The highest BCUT2D eigenvalue weighted by atomic mass is 16.6. The Morgan fingerprint density at radius 3 is 2.59 bits per heavy atom. The Balaban J connectivity index is 1.10. The van der Waals surface area contributed by atoms with E-state index in [1.165, 1.54) is 24.8 Å². The number of nitrogens with zero attached hydrogens (tertiary/aromatic N) is 1. The van der Waals surface area contributed by atoms with E-state index in [4.69, 9.17) is 9.47 Å². The molecule has 0 amide bonds. The summed E-state index contributed by atoms with van der Waals surface area (Å²) in [7, 11) is 0. The summed E-state index contributed by atoms with van der Waals surface area (Å²) in [5.74, 6) is 0.880. The van der Waals surface area contributed by atoms with Crippen molar-refractivity contribution in [2.75, 3.05) is 26.2 Å². The second-order valence-electron chi connectivity index (χ2n) is 11.8. The van der Waals surface area contributed by atoms with E-state index in [2.05, 4.69) is 24.0 Å². The smallest absolute Gasteiger partial charge is 0.310 e. The maximum atomic E-state index is 12.9. The number of ether oxygens (including phenoxy) is 2. The Morgan fingerprint density at radius 1 is 1.12 bits per heavy atom. The Kier molecular flexibility index (Phi) is 4.98. The van der Waals surface area contributed by atoms with E-state index in [1.54, 1.807) is 0 Å². The van der Waals surface area contributed by atoms with Crippen LogP contribution in [-0.2, 0) is 20.7 Å². The highest BCUT2D eigenvalue weighted by Crippen LogP contribution is 2.62. The minimum atomic E-state index is -0.638. The first-order valence-corrected chi connectivity index (χ1v) is 12.7. The molecule has 1 spiro atoms. The number of fused-ring (bicyclic) bond motifs is 3. The Bertz CT molecular complexity index is 860. The summed E-state index contributed by atoms with van der Waals surface area (Å²) in [5, 5.41) is 11.1. The molecule has 1 aromatic rings. The second kappa shape index (κ2) is 7.54. The molecule has 0 aromatic heterocycles. The number of epoxide rings is 1. The average molecular weight is 440 g/mol. The van der Waals surface area contributed by atoms with Crippen LogP contribution in [0, 0.1) is 23.2 Å². The number of hydrogen-bond donors (Lipinski definition) is 1. The number of piperidine rings is 1. The summed E-state index contributed by atoms with van der Waals surface area (Å²) in [6.45, 7) is 5.79. The summed E-state index contributed by atoms with van der Waals surface area (Å²) < 4.78 is 12.0. The fraction of sp³-hybridized carbons (Fsp3) is 0.741. The van der Waals surface area contributed by atoms with E-state index in [0.717, 1.165) is 51.9 Å². The lowest BCUT2D eigenvalue weighted by molar-refractivity contribution is -0.147. The SMILES string of the molecule is C[C@]12CCCC3(CO3)C1C[C@@H]1C(CN3CCC(O)(Cc4ccccc4)CC3)C(=O)O[C@@H]1C2. The number of likely N-dealkylation sites (tertiary alicyclic amines) is 1. The van der Waals surface area contributed by atoms with Crippen LogP contribution in [0.4, 0.5) is 0 Å². The van der Waals surface area contributed by atoms with E-state index < -0.39 is 5.60 Å². The fourth-order valence-electron chi connectivity index (χ4n) is 7.75. The molecule has 0 radical (unpaired) electrons. The van der Waals surface area contributed by atoms with Crippen LogP contribution in [-0.4, -0.2) is 59.5 Å². The number of carbonyl (C=O) groups is 1. The zero-order valence-corrected chi connectivity index (χ0v) is 19.3. The standard InChI is InChI=1S/C27H37NO4/c1-25-8-5-9-27(18-31-27)23(25)14-20-21(24(29)32-22(20)16-25)17-28-12-10-26(30,11-13-28)15-19-6-3-2-4-7-19/h2-4,6-7,20-23,30H,5,8-18H2,1H3/t20-,21?,22-,23?,25-,27?/m1/s1. The highest BCUT2D eigenvalue weighted by molar-refractivity contribution is 5.75. The van der Waals surface area contributed by atoms with Crippen molar-refractivity contribution >= 4 is 5.97 Å². The molecule has 32 heavy (non-hydrogen) atoms. The minimum absolute atomic E-state index is 0.0122. The molecule has 1 N–H and O–H groups in total. The van der Waals surface area contributed by atoms with E-state index in [-0.39, 0.29) is 29.0 Å². The third kappa shape index (κ3) is 3.61. The molecule has 3 unspecified atom stereocenters. The molecule has 2 aliphatic carbocycles. The van der Waals surface area contributed by atoms with Gasteiger partial charge in [0.2, 0.25) is 0 Å². The molecule has 174 valence electrons. The lowest BCUT2D eigenvalue weighted by atomic mass is 9.53. The van der Waals surface area contributed by atoms with Gasteiger partial charge in [-0.3, -0.25) is 4.79 Å². The minimum Gasteiger partial charge on any atom is -0.462 e. The van der Waals surface area contributed by atoms with Gasteiger partial charge in [-0.15, -0.1) is 0 Å². The van der Waals surface area contributed by atoms with Crippen LogP contribution >= 0.6 is 0 Å². The fourth-order valence-corrected chi connectivity index (χ4v) is 7.75. The van der Waals surface area contributed by atoms with Crippen LogP contribution in [0.5, 0.6) is 0 Å². The van der Waals surface area contributed by atoms with Crippen molar-refractivity contribution in [1.82, 2.24) is 4.90 Å². The van der Waals surface area contributed by atoms with Crippen LogP contribution in [0.25, 0.3) is 0 Å². The van der Waals surface area contributed by atoms with Gasteiger partial charge in [0.05, 0.1) is 23.7 Å². The zero-order chi connectivity index (χ0) is 22.0. The van der Waals surface area contributed by atoms with Crippen molar-refractivity contribution in [3.63, 3.8) is 0 Å². The molecule has 5 aliphatic rings. The first-order valence-electron chi connectivity index (χ1n) is 12.7. The molecule has 3 saturated heterocycles. The number of rotatable bonds is 4. The Morgan fingerprint density at radius 2 is 1.88 bits per heavy atom. The average Bonchev–Trinajstić information content (AvgIpc) is 3.47. The Labute approximate surface area is 191 Å². The Hall–Kier alpha value is -1.43. The molecule has 6 atom stereocenters. The van der Waals surface area contributed by atoms with Gasteiger partial charge >= 0.3 is 5.97 Å². The predicted octanol–water partition coefficient (Wildman–Crippen LogP) is 3.58. The lowest BCUT2D eigenvalue weighted by Crippen LogP contribution is -2.52. The van der Waals surface area contributed by atoms with E-state index in [0.29, 0.717) is 18.3 Å². The van der Waals surface area contributed by atoms with Gasteiger partial charge in [-0.1, -0.05) is 37.3 Å². The third-order valence-corrected chi connectivity index (χ3v) is 9.70. The first kappa shape index (κ1) is 21.1. The van der Waals surface area contributed by atoms with Crippen molar-refractivity contribution in [2.45, 2.75) is 75.6 Å². The van der Waals surface area contributed by atoms with Gasteiger partial charge in [0.15, 0.2) is 0 Å². The van der Waals surface area contributed by atoms with Crippen molar-refractivity contribution in [1.29, 1.82) is 0 Å². The summed E-state index contributed by atoms with van der Waals surface area (Å²) >= 11 is 0. The number of carbonyl (C=O) groups excluding carboxylic acids is 1. The molecule has 3 heterocycles. The second-order valence-corrected chi connectivity index (χ2v) is 11.8. The highest BCUT2D eigenvalue weighted by Gasteiger charge is 2.65. The topological polar surface area (TPSA) is 62.3 Å². The number of benzene rings is 1. The monoisotopic (exact) mass is 439 g/mol. The molecule has 0 bridgehead atoms. The van der Waals surface area contributed by atoms with Crippen molar-refractivity contribution in [3.05, 3.63) is 35.9 Å². The van der Waals surface area contributed by atoms with E-state index >= 15 is 0 Å².